The van der Waals surface area contributed by atoms with E-state index in [0.29, 0.717) is 6.54 Å². The zero-order chi connectivity index (χ0) is 14.3. The lowest BCUT2D eigenvalue weighted by Crippen LogP contribution is -2.04. The Hall–Kier alpha value is -2.00. The summed E-state index contributed by atoms with van der Waals surface area (Å²) in [5.41, 5.74) is 12.0. The molecular weight excluding hydrogens is 248 g/mol. The van der Waals surface area contributed by atoms with Crippen LogP contribution in [0.5, 0.6) is 5.75 Å². The molecule has 0 atom stereocenters. The molecule has 3 heteroatoms. The van der Waals surface area contributed by atoms with Crippen molar-refractivity contribution < 1.29 is 4.74 Å². The third-order valence-corrected chi connectivity index (χ3v) is 4.06. The van der Waals surface area contributed by atoms with Gasteiger partial charge in [-0.2, -0.15) is 0 Å². The molecule has 0 amide bonds. The highest BCUT2D eigenvalue weighted by Gasteiger charge is 2.12. The van der Waals surface area contributed by atoms with Crippen LogP contribution in [0.1, 0.15) is 16.7 Å². The average molecular weight is 268 g/mol. The second-order valence-electron chi connectivity index (χ2n) is 5.30. The third-order valence-electron chi connectivity index (χ3n) is 4.06. The maximum absolute atomic E-state index is 5.71. The molecule has 2 aromatic carbocycles. The summed E-state index contributed by atoms with van der Waals surface area (Å²) in [5, 5.41) is 2.51. The molecular formula is C17H20N2O. The lowest BCUT2D eigenvalue weighted by Gasteiger charge is -2.08. The maximum Gasteiger partial charge on any atom is 0.119 e. The number of benzene rings is 2. The molecule has 3 N–H and O–H groups in total. The van der Waals surface area contributed by atoms with E-state index in [1.54, 1.807) is 7.11 Å². The summed E-state index contributed by atoms with van der Waals surface area (Å²) in [6.45, 7) is 5.01. The van der Waals surface area contributed by atoms with Gasteiger partial charge in [0.1, 0.15) is 5.75 Å². The van der Waals surface area contributed by atoms with Crippen molar-refractivity contribution in [1.29, 1.82) is 0 Å². The Morgan fingerprint density at radius 2 is 2.00 bits per heavy atom. The van der Waals surface area contributed by atoms with E-state index in [1.807, 2.05) is 6.07 Å². The molecule has 0 saturated carbocycles. The first-order chi connectivity index (χ1) is 9.65. The van der Waals surface area contributed by atoms with Gasteiger partial charge in [-0.25, -0.2) is 0 Å². The van der Waals surface area contributed by atoms with Crippen molar-refractivity contribution in [3.8, 4) is 5.75 Å². The van der Waals surface area contributed by atoms with Crippen LogP contribution >= 0.6 is 0 Å². The molecule has 0 saturated heterocycles. The van der Waals surface area contributed by atoms with Crippen molar-refractivity contribution >= 4 is 21.8 Å². The van der Waals surface area contributed by atoms with Gasteiger partial charge in [0.25, 0.3) is 0 Å². The van der Waals surface area contributed by atoms with Crippen molar-refractivity contribution in [2.24, 2.45) is 5.73 Å². The van der Waals surface area contributed by atoms with E-state index in [9.17, 15) is 0 Å². The Morgan fingerprint density at radius 3 is 2.70 bits per heavy atom. The average Bonchev–Trinajstić information content (AvgIpc) is 2.83. The van der Waals surface area contributed by atoms with E-state index in [2.05, 4.69) is 37.0 Å². The predicted octanol–water partition coefficient (Wildman–Crippen LogP) is 3.45. The quantitative estimate of drug-likeness (QED) is 0.764. The summed E-state index contributed by atoms with van der Waals surface area (Å²) in [6.07, 6.45) is 0.918. The number of ether oxygens (including phenoxy) is 1. The zero-order valence-corrected chi connectivity index (χ0v) is 12.2. The number of aromatic amines is 1. The van der Waals surface area contributed by atoms with Gasteiger partial charge < -0.3 is 15.5 Å². The Labute approximate surface area is 118 Å². The van der Waals surface area contributed by atoms with Crippen LogP contribution in [-0.2, 0) is 6.42 Å². The second kappa shape index (κ2) is 4.84. The Morgan fingerprint density at radius 1 is 1.20 bits per heavy atom. The fourth-order valence-corrected chi connectivity index (χ4v) is 3.01. The molecule has 3 nitrogen and oxygen atoms in total. The highest BCUT2D eigenvalue weighted by Crippen LogP contribution is 2.34. The van der Waals surface area contributed by atoms with Gasteiger partial charge in [-0.05, 0) is 61.7 Å². The first kappa shape index (κ1) is 13.0. The largest absolute Gasteiger partial charge is 0.497 e. The number of rotatable bonds is 3. The maximum atomic E-state index is 5.71. The molecule has 0 fully saturated rings. The van der Waals surface area contributed by atoms with Crippen LogP contribution < -0.4 is 10.5 Å². The van der Waals surface area contributed by atoms with Crippen molar-refractivity contribution in [2.75, 3.05) is 13.7 Å². The lowest BCUT2D eigenvalue weighted by atomic mass is 9.97. The minimum absolute atomic E-state index is 0.680. The van der Waals surface area contributed by atoms with Crippen LogP contribution in [-0.4, -0.2) is 18.6 Å². The molecule has 0 bridgehead atoms. The van der Waals surface area contributed by atoms with E-state index < -0.39 is 0 Å². The number of fused-ring (bicyclic) bond motifs is 3. The van der Waals surface area contributed by atoms with Gasteiger partial charge in [0, 0.05) is 21.8 Å². The van der Waals surface area contributed by atoms with Crippen LogP contribution in [0.25, 0.3) is 21.8 Å². The molecule has 3 aromatic rings. The molecule has 1 heterocycles. The molecule has 20 heavy (non-hydrogen) atoms. The normalized spacial score (nSPS) is 11.4. The van der Waals surface area contributed by atoms with Gasteiger partial charge in [-0.3, -0.25) is 0 Å². The molecule has 0 aliphatic rings. The number of nitrogens with one attached hydrogen (secondary N) is 1. The molecule has 104 valence electrons. The van der Waals surface area contributed by atoms with E-state index in [0.717, 1.165) is 17.7 Å². The van der Waals surface area contributed by atoms with Gasteiger partial charge in [-0.1, -0.05) is 6.07 Å². The highest BCUT2D eigenvalue weighted by molar-refractivity contribution is 6.10. The summed E-state index contributed by atoms with van der Waals surface area (Å²) in [7, 11) is 1.70. The van der Waals surface area contributed by atoms with Gasteiger partial charge in [0.15, 0.2) is 0 Å². The van der Waals surface area contributed by atoms with E-state index in [4.69, 9.17) is 10.5 Å². The third kappa shape index (κ3) is 1.86. The van der Waals surface area contributed by atoms with E-state index in [-0.39, 0.29) is 0 Å². The van der Waals surface area contributed by atoms with E-state index >= 15 is 0 Å². The number of H-pyrrole nitrogens is 1. The predicted molar refractivity (Wildman–Crippen MR) is 84.6 cm³/mol. The molecule has 0 unspecified atom stereocenters. The standard InChI is InChI=1S/C17H20N2O/c1-10-8-12(6-7-18)11(2)17-16(10)14-9-13(20-3)4-5-15(14)19-17/h4-5,8-9,19H,6-7,18H2,1-3H3. The van der Waals surface area contributed by atoms with Crippen LogP contribution in [0.4, 0.5) is 0 Å². The number of aromatic nitrogens is 1. The summed E-state index contributed by atoms with van der Waals surface area (Å²) in [5.74, 6) is 0.890. The second-order valence-corrected chi connectivity index (χ2v) is 5.30. The zero-order valence-electron chi connectivity index (χ0n) is 12.2. The molecule has 0 aliphatic heterocycles. The van der Waals surface area contributed by atoms with Crippen LogP contribution in [0.2, 0.25) is 0 Å². The fraction of sp³-hybridized carbons (Fsp3) is 0.294. The van der Waals surface area contributed by atoms with Gasteiger partial charge in [0.05, 0.1) is 7.11 Å². The Kier molecular flexibility index (Phi) is 3.14. The van der Waals surface area contributed by atoms with Crippen molar-refractivity contribution in [1.82, 2.24) is 4.98 Å². The number of nitrogens with two attached hydrogens (primary N) is 1. The molecule has 1 aromatic heterocycles. The molecule has 0 radical (unpaired) electrons. The van der Waals surface area contributed by atoms with Gasteiger partial charge >= 0.3 is 0 Å². The number of hydrogen-bond acceptors (Lipinski definition) is 2. The summed E-state index contributed by atoms with van der Waals surface area (Å²) < 4.78 is 5.34. The smallest absolute Gasteiger partial charge is 0.119 e. The molecule has 0 aliphatic carbocycles. The number of aryl methyl sites for hydroxylation is 2. The SMILES string of the molecule is COc1ccc2[nH]c3c(C)c(CCN)cc(C)c3c2c1. The van der Waals surface area contributed by atoms with Crippen LogP contribution in [0, 0.1) is 13.8 Å². The first-order valence-corrected chi connectivity index (χ1v) is 6.94. The van der Waals surface area contributed by atoms with Crippen molar-refractivity contribution in [3.63, 3.8) is 0 Å². The van der Waals surface area contributed by atoms with Crippen LogP contribution in [0.3, 0.4) is 0 Å². The molecule has 3 rings (SSSR count). The summed E-state index contributed by atoms with van der Waals surface area (Å²) in [6, 6.07) is 8.43. The Bertz CT molecular complexity index is 787. The first-order valence-electron chi connectivity index (χ1n) is 6.94. The van der Waals surface area contributed by atoms with Crippen molar-refractivity contribution in [3.05, 3.63) is 41.0 Å². The van der Waals surface area contributed by atoms with Gasteiger partial charge in [0.2, 0.25) is 0 Å². The van der Waals surface area contributed by atoms with Gasteiger partial charge in [-0.15, -0.1) is 0 Å². The summed E-state index contributed by atoms with van der Waals surface area (Å²) in [4.78, 5) is 3.54. The highest BCUT2D eigenvalue weighted by atomic mass is 16.5. The number of methoxy groups -OCH3 is 1. The minimum Gasteiger partial charge on any atom is -0.497 e. The monoisotopic (exact) mass is 268 g/mol. The topological polar surface area (TPSA) is 51.0 Å². The Balaban J connectivity index is 2.38. The minimum atomic E-state index is 0.680. The number of hydrogen-bond donors (Lipinski definition) is 2. The summed E-state index contributed by atoms with van der Waals surface area (Å²) >= 11 is 0. The van der Waals surface area contributed by atoms with Crippen LogP contribution in [0.15, 0.2) is 24.3 Å². The van der Waals surface area contributed by atoms with E-state index in [1.165, 1.54) is 33.0 Å². The fourth-order valence-electron chi connectivity index (χ4n) is 3.01. The lowest BCUT2D eigenvalue weighted by molar-refractivity contribution is 0.415. The van der Waals surface area contributed by atoms with Crippen molar-refractivity contribution in [2.45, 2.75) is 20.3 Å². The molecule has 0 spiro atoms.